The van der Waals surface area contributed by atoms with Crippen LogP contribution in [0.5, 0.6) is 0 Å². The number of benzene rings is 2. The number of halogens is 3. The topological polar surface area (TPSA) is 60.4 Å². The summed E-state index contributed by atoms with van der Waals surface area (Å²) >= 11 is 6.21. The van der Waals surface area contributed by atoms with Crippen molar-refractivity contribution >= 4 is 88.9 Å². The maximum atomic E-state index is 4.76. The minimum atomic E-state index is -2.14. The number of hydrogen-bond donors (Lipinski definition) is 0. The van der Waals surface area contributed by atoms with Crippen LogP contribution in [0, 0.1) is 0 Å². The summed E-state index contributed by atoms with van der Waals surface area (Å²) in [5, 5.41) is 9.31. The van der Waals surface area contributed by atoms with Crippen LogP contribution in [0.2, 0.25) is 13.3 Å². The summed E-state index contributed by atoms with van der Waals surface area (Å²) < 4.78 is 11.2. The summed E-state index contributed by atoms with van der Waals surface area (Å²) in [6, 6.07) is 41.3. The predicted octanol–water partition coefficient (Wildman–Crippen LogP) is 18.8. The van der Waals surface area contributed by atoms with E-state index in [1.165, 1.54) is 38.5 Å². The van der Waals surface area contributed by atoms with Crippen LogP contribution in [-0.4, -0.2) is 47.6 Å². The molecular weight excluding hydrogens is 1260 g/mol. The average Bonchev–Trinajstić information content (AvgIpc) is 3.98. The smallest absolute Gasteiger partial charge is 0.101 e. The Morgan fingerprint density at radius 2 is 0.851 bits per heavy atom. The van der Waals surface area contributed by atoms with Gasteiger partial charge in [-0.25, -0.2) is 9.03 Å². The molecule has 6 nitrogen and oxygen atoms in total. The second kappa shape index (κ2) is 39.2. The Hall–Kier alpha value is -2.56. The van der Waals surface area contributed by atoms with E-state index in [0.29, 0.717) is 9.47 Å². The normalized spacial score (nSPS) is 9.88. The zero-order valence-corrected chi connectivity index (χ0v) is 52.3. The molecule has 0 saturated heterocycles. The van der Waals surface area contributed by atoms with Crippen molar-refractivity contribution in [2.24, 2.45) is 0 Å². The van der Waals surface area contributed by atoms with Crippen LogP contribution in [-0.2, 0) is 9.47 Å². The molecule has 0 N–H and O–H groups in total. The van der Waals surface area contributed by atoms with Crippen LogP contribution in [0.25, 0.3) is 44.7 Å². The van der Waals surface area contributed by atoms with Gasteiger partial charge in [-0.2, -0.15) is 10.2 Å². The summed E-state index contributed by atoms with van der Waals surface area (Å²) in [6.07, 6.45) is 20.0. The Balaban J connectivity index is 0.000000457. The van der Waals surface area contributed by atoms with Gasteiger partial charge >= 0.3 is 173 Å². The van der Waals surface area contributed by atoms with E-state index in [0.717, 1.165) is 49.1 Å². The molecule has 0 spiro atoms. The van der Waals surface area contributed by atoms with Gasteiger partial charge in [-0.1, -0.05) is 128 Å². The molecular formula is C56H77BrI2N6SnV. The maximum Gasteiger partial charge on any atom is 0.101 e. The van der Waals surface area contributed by atoms with Crippen molar-refractivity contribution in [2.45, 2.75) is 128 Å². The van der Waals surface area contributed by atoms with E-state index in [4.69, 9.17) is 5.10 Å². The van der Waals surface area contributed by atoms with Gasteiger partial charge in [0.05, 0.1) is 15.5 Å². The third kappa shape index (κ3) is 20.4. The van der Waals surface area contributed by atoms with Gasteiger partial charge in [0.1, 0.15) is 11.4 Å². The van der Waals surface area contributed by atoms with Gasteiger partial charge in [0.15, 0.2) is 0 Å². The van der Waals surface area contributed by atoms with Crippen molar-refractivity contribution in [2.75, 3.05) is 0 Å². The van der Waals surface area contributed by atoms with Crippen LogP contribution in [0.4, 0.5) is 0 Å². The number of unbranched alkanes of at least 4 members (excludes halogenated alkanes) is 3. The molecule has 0 radical (unpaired) electrons. The Labute approximate surface area is 447 Å². The summed E-state index contributed by atoms with van der Waals surface area (Å²) in [4.78, 5) is 8.34. The first-order chi connectivity index (χ1) is 33.0. The number of nitrogens with zero attached hydrogens (tertiary/aromatic N) is 6. The fourth-order valence-corrected chi connectivity index (χ4v) is 23.9. The monoisotopic (exact) mass is 1340 g/mol. The van der Waals surface area contributed by atoms with Gasteiger partial charge in [-0.15, -0.1) is 0 Å². The first-order valence-electron chi connectivity index (χ1n) is 24.4. The van der Waals surface area contributed by atoms with Crippen molar-refractivity contribution in [1.29, 1.82) is 0 Å². The van der Waals surface area contributed by atoms with Gasteiger partial charge in [-0.3, -0.25) is 4.98 Å². The molecule has 0 aliphatic heterocycles. The van der Waals surface area contributed by atoms with E-state index in [1.54, 1.807) is 16.9 Å². The Morgan fingerprint density at radius 1 is 0.478 bits per heavy atom. The van der Waals surface area contributed by atoms with Gasteiger partial charge in [0.25, 0.3) is 0 Å². The molecule has 0 fully saturated rings. The Bertz CT molecular complexity index is 2360. The van der Waals surface area contributed by atoms with Crippen molar-refractivity contribution in [3.63, 3.8) is 0 Å². The zero-order valence-electron chi connectivity index (χ0n) is 42.1. The SMILES string of the molecule is Brc1c(-c2ccccc2)nn2ccccc12.CC.CC.CC.CC.CCC[CH2][Sn]([CH2]CCC)([CH2]CCC)[c]1ccncc1.[I][V][I].c1ccc(-c2nn3ccccc3c2-c2ccncc2)cc1. The van der Waals surface area contributed by atoms with Gasteiger partial charge in [0.2, 0.25) is 0 Å². The van der Waals surface area contributed by atoms with E-state index in [9.17, 15) is 0 Å². The number of fused-ring (bicyclic) bond motifs is 2. The number of aromatic nitrogens is 6. The van der Waals surface area contributed by atoms with Crippen LogP contribution < -0.4 is 3.58 Å². The molecule has 6 aromatic heterocycles. The first kappa shape index (κ1) is 62.5. The molecule has 0 saturated carbocycles. The molecule has 8 aromatic rings. The molecule has 0 unspecified atom stereocenters. The zero-order chi connectivity index (χ0) is 49.7. The molecule has 2 aromatic carbocycles. The van der Waals surface area contributed by atoms with Gasteiger partial charge < -0.3 is 0 Å². The number of hydrogen-bond acceptors (Lipinski definition) is 4. The molecule has 67 heavy (non-hydrogen) atoms. The first-order valence-corrected chi connectivity index (χ1v) is 41.7. The average molecular weight is 1340 g/mol. The summed E-state index contributed by atoms with van der Waals surface area (Å²) in [5.74, 6) is 0. The quantitative estimate of drug-likeness (QED) is 0.0853. The maximum absolute atomic E-state index is 4.76. The molecule has 8 rings (SSSR count). The second-order valence-electron chi connectivity index (χ2n) is 14.3. The summed E-state index contributed by atoms with van der Waals surface area (Å²) in [7, 11) is 0.628. The predicted molar refractivity (Wildman–Crippen MR) is 314 cm³/mol. The van der Waals surface area contributed by atoms with E-state index < -0.39 is 18.4 Å². The number of rotatable bonds is 13. The Morgan fingerprint density at radius 3 is 1.28 bits per heavy atom. The van der Waals surface area contributed by atoms with E-state index in [1.807, 2.05) is 180 Å². The van der Waals surface area contributed by atoms with E-state index >= 15 is 0 Å². The fraction of sp³-hybridized carbons (Fsp3) is 0.357. The molecule has 0 amide bonds. The Kier molecular flexibility index (Phi) is 36.5. The van der Waals surface area contributed by atoms with E-state index in [-0.39, 0.29) is 0 Å². The molecule has 361 valence electrons. The minimum absolute atomic E-state index is 0.628. The molecule has 6 heterocycles. The van der Waals surface area contributed by atoms with Crippen molar-refractivity contribution in [3.05, 3.63) is 163 Å². The van der Waals surface area contributed by atoms with Crippen molar-refractivity contribution in [1.82, 2.24) is 29.2 Å². The standard InChI is InChI=1S/C18H13N3.C13H9BrN2.C5H4N.3C4H9.4C2H6.2HI.Sn.V/c1-2-6-15(7-3-1)18-17(14-9-11-19-12-10-14)16-8-4-5-13-21(16)20-18;14-12-11-8-4-5-9-16(11)15-13(12)10-6-2-1-3-7-10;1-2-4-6-5-3-1;3*1-3-4-2;4*1-2;;;;/h1-13H;1-9H;2-5H;3*1,3-4H2,2H3;4*1-2H3;2*1H;;/q;;;;;;;;;;;;;+2/p-2. The minimum Gasteiger partial charge on any atom is -0.265 e. The van der Waals surface area contributed by atoms with E-state index in [2.05, 4.69) is 134 Å². The van der Waals surface area contributed by atoms with Crippen molar-refractivity contribution in [3.8, 4) is 33.6 Å². The number of pyridine rings is 4. The van der Waals surface area contributed by atoms with Crippen LogP contribution >= 0.6 is 55.9 Å². The molecule has 0 bridgehead atoms. The second-order valence-corrected chi connectivity index (χ2v) is 40.1. The fourth-order valence-electron chi connectivity index (χ4n) is 7.41. The molecule has 0 aliphatic rings. The summed E-state index contributed by atoms with van der Waals surface area (Å²) in [5.41, 5.74) is 8.67. The molecule has 11 heteroatoms. The third-order valence-electron chi connectivity index (χ3n) is 10.4. The van der Waals surface area contributed by atoms with Crippen LogP contribution in [0.3, 0.4) is 0 Å². The van der Waals surface area contributed by atoms with Crippen molar-refractivity contribution < 1.29 is 9.47 Å². The largest absolute Gasteiger partial charge is 0.265 e. The van der Waals surface area contributed by atoms with Crippen LogP contribution in [0.1, 0.15) is 115 Å². The summed E-state index contributed by atoms with van der Waals surface area (Å²) in [6.45, 7) is 23.0. The van der Waals surface area contributed by atoms with Crippen LogP contribution in [0.15, 0.2) is 163 Å². The van der Waals surface area contributed by atoms with Gasteiger partial charge in [0, 0.05) is 41.5 Å². The van der Waals surface area contributed by atoms with Gasteiger partial charge in [-0.05, 0) is 57.9 Å². The molecule has 0 atom stereocenters. The third-order valence-corrected chi connectivity index (χ3v) is 26.9. The molecule has 0 aliphatic carbocycles.